The van der Waals surface area contributed by atoms with Gasteiger partial charge in [0.2, 0.25) is 0 Å². The molecule has 0 unspecified atom stereocenters. The summed E-state index contributed by atoms with van der Waals surface area (Å²) in [6, 6.07) is 18.3. The van der Waals surface area contributed by atoms with Crippen molar-refractivity contribution in [3.63, 3.8) is 0 Å². The summed E-state index contributed by atoms with van der Waals surface area (Å²) >= 11 is 0. The molecule has 1 fully saturated rings. The molecule has 1 N–H and O–H groups in total. The average molecular weight is 365 g/mol. The van der Waals surface area contributed by atoms with Crippen LogP contribution in [0, 0.1) is 23.1 Å². The Bertz CT molecular complexity index is 785. The van der Waals surface area contributed by atoms with E-state index in [2.05, 4.69) is 28.4 Å². The van der Waals surface area contributed by atoms with Crippen LogP contribution < -0.4 is 5.32 Å². The van der Waals surface area contributed by atoms with Crippen LogP contribution in [0.5, 0.6) is 0 Å². The monoisotopic (exact) mass is 365 g/mol. The molecule has 2 atom stereocenters. The van der Waals surface area contributed by atoms with Crippen LogP contribution in [-0.4, -0.2) is 29.9 Å². The summed E-state index contributed by atoms with van der Waals surface area (Å²) in [6.45, 7) is 2.21. The molecule has 3 rings (SSSR count). The van der Waals surface area contributed by atoms with E-state index in [0.717, 1.165) is 25.9 Å². The topological polar surface area (TPSA) is 56.1 Å². The second-order valence-electron chi connectivity index (χ2n) is 7.09. The van der Waals surface area contributed by atoms with Crippen molar-refractivity contribution < 1.29 is 9.18 Å². The van der Waals surface area contributed by atoms with Crippen molar-refractivity contribution in [3.05, 3.63) is 71.5 Å². The summed E-state index contributed by atoms with van der Waals surface area (Å²) in [5, 5.41) is 12.0. The minimum Gasteiger partial charge on any atom is -0.350 e. The lowest BCUT2D eigenvalue weighted by atomic mass is 9.90. The van der Waals surface area contributed by atoms with Crippen LogP contribution in [0.2, 0.25) is 0 Å². The summed E-state index contributed by atoms with van der Waals surface area (Å²) in [6.07, 6.45) is 2.51. The standard InChI is InChI=1S/C22H24FN3O/c23-20-9-7-19(8-10-20)22(27)25-14-21-11-6-18(12-13-24)16-26(21)15-17-4-2-1-3-5-17/h1-5,7-10,18,21H,6,11-12,14-16H2,(H,25,27)/t18-,21+/m0/s1. The summed E-state index contributed by atoms with van der Waals surface area (Å²) in [5.74, 6) is -0.159. The number of hydrogen-bond donors (Lipinski definition) is 1. The van der Waals surface area contributed by atoms with E-state index in [0.29, 0.717) is 24.4 Å². The summed E-state index contributed by atoms with van der Waals surface area (Å²) < 4.78 is 13.0. The second kappa shape index (κ2) is 9.29. The minimum atomic E-state index is -0.351. The zero-order valence-electron chi connectivity index (χ0n) is 15.3. The molecule has 0 bridgehead atoms. The van der Waals surface area contributed by atoms with Crippen molar-refractivity contribution in [2.45, 2.75) is 31.8 Å². The predicted molar refractivity (Wildman–Crippen MR) is 102 cm³/mol. The number of amides is 1. The number of rotatable bonds is 6. The van der Waals surface area contributed by atoms with Gasteiger partial charge in [0.05, 0.1) is 6.07 Å². The lowest BCUT2D eigenvalue weighted by Crippen LogP contribution is -2.48. The number of likely N-dealkylation sites (tertiary alicyclic amines) is 1. The molecule has 4 nitrogen and oxygen atoms in total. The van der Waals surface area contributed by atoms with Gasteiger partial charge in [-0.25, -0.2) is 4.39 Å². The Morgan fingerprint density at radius 1 is 1.15 bits per heavy atom. The number of carbonyl (C=O) groups excluding carboxylic acids is 1. The summed E-state index contributed by atoms with van der Waals surface area (Å²) in [7, 11) is 0. The maximum atomic E-state index is 13.0. The van der Waals surface area contributed by atoms with Crippen LogP contribution in [0.3, 0.4) is 0 Å². The summed E-state index contributed by atoms with van der Waals surface area (Å²) in [4.78, 5) is 14.7. The second-order valence-corrected chi connectivity index (χ2v) is 7.09. The highest BCUT2D eigenvalue weighted by Crippen LogP contribution is 2.25. The molecular formula is C22H24FN3O. The third-order valence-corrected chi connectivity index (χ3v) is 5.13. The molecule has 2 aromatic carbocycles. The van der Waals surface area contributed by atoms with Crippen LogP contribution >= 0.6 is 0 Å². The maximum Gasteiger partial charge on any atom is 0.251 e. The van der Waals surface area contributed by atoms with Crippen LogP contribution in [0.15, 0.2) is 54.6 Å². The fourth-order valence-electron chi connectivity index (χ4n) is 3.63. The van der Waals surface area contributed by atoms with E-state index in [9.17, 15) is 9.18 Å². The van der Waals surface area contributed by atoms with Gasteiger partial charge in [-0.05, 0) is 48.6 Å². The van der Waals surface area contributed by atoms with Crippen LogP contribution in [0.4, 0.5) is 4.39 Å². The number of nitrogens with one attached hydrogen (secondary N) is 1. The number of piperidine rings is 1. The molecule has 1 aliphatic heterocycles. The Hall–Kier alpha value is -2.71. The fourth-order valence-corrected chi connectivity index (χ4v) is 3.63. The molecule has 0 aromatic heterocycles. The van der Waals surface area contributed by atoms with Crippen molar-refractivity contribution in [2.75, 3.05) is 13.1 Å². The van der Waals surface area contributed by atoms with Gasteiger partial charge in [-0.3, -0.25) is 9.69 Å². The van der Waals surface area contributed by atoms with Crippen molar-refractivity contribution in [1.29, 1.82) is 5.26 Å². The Labute approximate surface area is 159 Å². The molecule has 5 heteroatoms. The molecule has 1 heterocycles. The quantitative estimate of drug-likeness (QED) is 0.848. The Morgan fingerprint density at radius 3 is 2.59 bits per heavy atom. The van der Waals surface area contributed by atoms with Crippen LogP contribution in [0.25, 0.3) is 0 Å². The first-order chi connectivity index (χ1) is 13.2. The zero-order chi connectivity index (χ0) is 19.1. The van der Waals surface area contributed by atoms with Crippen molar-refractivity contribution in [1.82, 2.24) is 10.2 Å². The molecule has 1 saturated heterocycles. The number of nitriles is 1. The Balaban J connectivity index is 1.63. The van der Waals surface area contributed by atoms with Crippen molar-refractivity contribution in [2.24, 2.45) is 5.92 Å². The number of halogens is 1. The summed E-state index contributed by atoms with van der Waals surface area (Å²) in [5.41, 5.74) is 1.69. The highest BCUT2D eigenvalue weighted by atomic mass is 19.1. The lowest BCUT2D eigenvalue weighted by molar-refractivity contribution is 0.0841. The van der Waals surface area contributed by atoms with Crippen molar-refractivity contribution >= 4 is 5.91 Å². The third-order valence-electron chi connectivity index (χ3n) is 5.13. The minimum absolute atomic E-state index is 0.186. The maximum absolute atomic E-state index is 13.0. The first kappa shape index (κ1) is 19.1. The molecular weight excluding hydrogens is 341 g/mol. The van der Waals surface area contributed by atoms with Crippen LogP contribution in [-0.2, 0) is 6.54 Å². The number of benzene rings is 2. The first-order valence-corrected chi connectivity index (χ1v) is 9.34. The number of hydrogen-bond acceptors (Lipinski definition) is 3. The molecule has 0 aliphatic carbocycles. The van der Waals surface area contributed by atoms with Gasteiger partial charge in [0.25, 0.3) is 5.91 Å². The van der Waals surface area contributed by atoms with Crippen molar-refractivity contribution in [3.8, 4) is 6.07 Å². The molecule has 140 valence electrons. The molecule has 27 heavy (non-hydrogen) atoms. The molecule has 1 amide bonds. The van der Waals surface area contributed by atoms with Gasteiger partial charge >= 0.3 is 0 Å². The van der Waals surface area contributed by atoms with Gasteiger partial charge in [0.15, 0.2) is 0 Å². The third kappa shape index (κ3) is 5.38. The smallest absolute Gasteiger partial charge is 0.251 e. The number of carbonyl (C=O) groups is 1. The van der Waals surface area contributed by atoms with E-state index < -0.39 is 0 Å². The van der Waals surface area contributed by atoms with Crippen LogP contribution in [0.1, 0.15) is 35.2 Å². The molecule has 1 aliphatic rings. The average Bonchev–Trinajstić information content (AvgIpc) is 2.69. The SMILES string of the molecule is N#CC[C@@H]1CC[C@H](CNC(=O)c2ccc(F)cc2)N(Cc2ccccc2)C1. The van der Waals surface area contributed by atoms with E-state index in [4.69, 9.17) is 5.26 Å². The van der Waals surface area contributed by atoms with Gasteiger partial charge in [-0.15, -0.1) is 0 Å². The van der Waals surface area contributed by atoms with E-state index in [-0.39, 0.29) is 17.8 Å². The normalized spacial score (nSPS) is 20.0. The van der Waals surface area contributed by atoms with Gasteiger partial charge in [0.1, 0.15) is 5.82 Å². The predicted octanol–water partition coefficient (Wildman–Crippen LogP) is 3.75. The zero-order valence-corrected chi connectivity index (χ0v) is 15.3. The largest absolute Gasteiger partial charge is 0.350 e. The van der Waals surface area contributed by atoms with Gasteiger partial charge in [0, 0.05) is 37.7 Å². The number of nitrogens with zero attached hydrogens (tertiary/aromatic N) is 2. The lowest BCUT2D eigenvalue weighted by Gasteiger charge is -2.39. The Morgan fingerprint density at radius 2 is 1.89 bits per heavy atom. The molecule has 0 spiro atoms. The van der Waals surface area contributed by atoms with Gasteiger partial charge < -0.3 is 5.32 Å². The highest BCUT2D eigenvalue weighted by Gasteiger charge is 2.28. The van der Waals surface area contributed by atoms with E-state index >= 15 is 0 Å². The van der Waals surface area contributed by atoms with Gasteiger partial charge in [-0.2, -0.15) is 5.26 Å². The molecule has 0 saturated carbocycles. The van der Waals surface area contributed by atoms with E-state index in [1.807, 2.05) is 18.2 Å². The fraction of sp³-hybridized carbons (Fsp3) is 0.364. The first-order valence-electron chi connectivity index (χ1n) is 9.34. The molecule has 0 radical (unpaired) electrons. The highest BCUT2D eigenvalue weighted by molar-refractivity contribution is 5.94. The van der Waals surface area contributed by atoms with Gasteiger partial charge in [-0.1, -0.05) is 30.3 Å². The molecule has 2 aromatic rings. The Kier molecular flexibility index (Phi) is 6.56. The van der Waals surface area contributed by atoms with E-state index in [1.54, 1.807) is 0 Å². The van der Waals surface area contributed by atoms with E-state index in [1.165, 1.54) is 29.8 Å².